The van der Waals surface area contributed by atoms with Crippen LogP contribution in [0, 0.1) is 22.2 Å². The van der Waals surface area contributed by atoms with Gasteiger partial charge in [-0.15, -0.1) is 0 Å². The van der Waals surface area contributed by atoms with E-state index in [2.05, 4.69) is 15.6 Å². The summed E-state index contributed by atoms with van der Waals surface area (Å²) >= 11 is 0. The first-order valence-corrected chi connectivity index (χ1v) is 10.5. The zero-order valence-electron chi connectivity index (χ0n) is 17.3. The van der Waals surface area contributed by atoms with Crippen LogP contribution in [-0.2, 0) is 4.79 Å². The van der Waals surface area contributed by atoms with E-state index < -0.39 is 54.3 Å². The zero-order valence-corrected chi connectivity index (χ0v) is 17.3. The fourth-order valence-electron chi connectivity index (χ4n) is 5.40. The minimum atomic E-state index is -4.69. The van der Waals surface area contributed by atoms with Crippen LogP contribution < -0.4 is 15.5 Å². The first kappa shape index (κ1) is 21.8. The molecule has 1 aliphatic carbocycles. The lowest BCUT2D eigenvalue weighted by molar-refractivity contribution is -0.192. The quantitative estimate of drug-likeness (QED) is 0.682. The van der Waals surface area contributed by atoms with E-state index in [0.717, 1.165) is 0 Å². The monoisotopic (exact) mass is 465 g/mol. The summed E-state index contributed by atoms with van der Waals surface area (Å²) in [6.07, 6.45) is -4.14. The van der Waals surface area contributed by atoms with Gasteiger partial charge in [-0.1, -0.05) is 0 Å². The normalized spacial score (nSPS) is 30.5. The van der Waals surface area contributed by atoms with Gasteiger partial charge in [-0.3, -0.25) is 9.78 Å². The highest BCUT2D eigenvalue weighted by Crippen LogP contribution is 2.75. The van der Waals surface area contributed by atoms with Gasteiger partial charge in [0.15, 0.2) is 0 Å². The molecule has 1 saturated carbocycles. The lowest BCUT2D eigenvalue weighted by atomic mass is 9.93. The molecule has 33 heavy (non-hydrogen) atoms. The minimum absolute atomic E-state index is 0.0740. The number of halogens is 5. The molecule has 11 heteroatoms. The number of aromatic nitrogens is 1. The molecule has 3 atom stereocenters. The number of rotatable bonds is 3. The zero-order chi connectivity index (χ0) is 23.6. The second-order valence-corrected chi connectivity index (χ2v) is 9.08. The summed E-state index contributed by atoms with van der Waals surface area (Å²) in [6.45, 7) is -0.868. The van der Waals surface area contributed by atoms with Gasteiger partial charge in [-0.05, 0) is 30.7 Å². The van der Waals surface area contributed by atoms with E-state index in [1.807, 2.05) is 6.07 Å². The van der Waals surface area contributed by atoms with E-state index in [0.29, 0.717) is 16.6 Å². The van der Waals surface area contributed by atoms with E-state index >= 15 is 0 Å². The average molecular weight is 465 g/mol. The second-order valence-electron chi connectivity index (χ2n) is 9.08. The number of fused-ring (bicyclic) bond motifs is 2. The van der Waals surface area contributed by atoms with Crippen LogP contribution in [0.1, 0.15) is 18.4 Å². The molecule has 1 aromatic carbocycles. The number of benzene rings is 1. The first-order chi connectivity index (χ1) is 15.5. The van der Waals surface area contributed by atoms with E-state index in [9.17, 15) is 32.0 Å². The Bertz CT molecular complexity index is 1180. The van der Waals surface area contributed by atoms with Crippen LogP contribution in [0.4, 0.5) is 27.6 Å². The highest BCUT2D eigenvalue weighted by atomic mass is 19.4. The number of piperidine rings is 2. The van der Waals surface area contributed by atoms with Crippen LogP contribution in [0.5, 0.6) is 0 Å². The number of carbonyl (C=O) groups is 1. The molecule has 0 bridgehead atoms. The number of nitrogens with one attached hydrogen (secondary N) is 2. The van der Waals surface area contributed by atoms with Gasteiger partial charge in [-0.2, -0.15) is 18.4 Å². The van der Waals surface area contributed by atoms with Crippen LogP contribution in [0.25, 0.3) is 10.9 Å². The summed E-state index contributed by atoms with van der Waals surface area (Å²) in [5, 5.41) is 14.8. The number of hydrogen-bond donors (Lipinski definition) is 2. The van der Waals surface area contributed by atoms with Gasteiger partial charge in [0.1, 0.15) is 17.5 Å². The molecule has 1 amide bonds. The van der Waals surface area contributed by atoms with Crippen molar-refractivity contribution in [2.45, 2.75) is 31.0 Å². The Morgan fingerprint density at radius 1 is 1.27 bits per heavy atom. The molecule has 1 aromatic heterocycles. The lowest BCUT2D eigenvalue weighted by Crippen LogP contribution is -2.59. The van der Waals surface area contributed by atoms with Gasteiger partial charge in [0.2, 0.25) is 5.91 Å². The number of carbonyl (C=O) groups excluding carboxylic acids is 1. The second kappa shape index (κ2) is 7.00. The van der Waals surface area contributed by atoms with Gasteiger partial charge < -0.3 is 15.5 Å². The number of anilines is 1. The van der Waals surface area contributed by atoms with Crippen LogP contribution in [0.3, 0.4) is 0 Å². The summed E-state index contributed by atoms with van der Waals surface area (Å²) in [6, 6.07) is 6.75. The molecule has 2 aliphatic heterocycles. The maximum atomic E-state index is 14.3. The van der Waals surface area contributed by atoms with Crippen LogP contribution >= 0.6 is 0 Å². The van der Waals surface area contributed by atoms with Crippen molar-refractivity contribution in [3.8, 4) is 6.07 Å². The highest BCUT2D eigenvalue weighted by Gasteiger charge is 2.86. The van der Waals surface area contributed by atoms with Crippen molar-refractivity contribution in [3.63, 3.8) is 0 Å². The Kier molecular flexibility index (Phi) is 4.63. The van der Waals surface area contributed by atoms with Crippen LogP contribution in [0.15, 0.2) is 30.5 Å². The molecule has 3 aliphatic rings. The summed E-state index contributed by atoms with van der Waals surface area (Å²) in [7, 11) is 0. The lowest BCUT2D eigenvalue weighted by Gasteiger charge is -2.33. The van der Waals surface area contributed by atoms with Crippen molar-refractivity contribution in [1.82, 2.24) is 15.6 Å². The third-order valence-corrected chi connectivity index (χ3v) is 7.30. The number of nitrogens with zero attached hydrogens (tertiary/aromatic N) is 3. The van der Waals surface area contributed by atoms with Gasteiger partial charge in [0, 0.05) is 49.9 Å². The third-order valence-electron chi connectivity index (χ3n) is 7.30. The molecular formula is C22H20F5N5O. The van der Waals surface area contributed by atoms with Crippen molar-refractivity contribution in [3.05, 3.63) is 36.0 Å². The fourth-order valence-corrected chi connectivity index (χ4v) is 5.40. The summed E-state index contributed by atoms with van der Waals surface area (Å²) < 4.78 is 71.2. The Morgan fingerprint density at radius 3 is 2.76 bits per heavy atom. The van der Waals surface area contributed by atoms with E-state index in [4.69, 9.17) is 0 Å². The van der Waals surface area contributed by atoms with Gasteiger partial charge in [-0.25, -0.2) is 8.78 Å². The fraction of sp³-hybridized carbons (Fsp3) is 0.500. The summed E-state index contributed by atoms with van der Waals surface area (Å²) in [5.41, 5.74) is -3.11. The molecule has 0 unspecified atom stereocenters. The minimum Gasteiger partial charge on any atom is -0.369 e. The SMILES string of the molecule is N#Cc1ccc(N2C[C@@]3(C(=O)N[C@H]4CNCCC4(F)F)C[C@@]3(C(F)(F)F)C2)c2cccnc12. The Morgan fingerprint density at radius 2 is 2.06 bits per heavy atom. The molecule has 3 fully saturated rings. The van der Waals surface area contributed by atoms with Crippen molar-refractivity contribution < 1.29 is 26.7 Å². The molecule has 3 heterocycles. The van der Waals surface area contributed by atoms with Crippen LogP contribution in [0.2, 0.25) is 0 Å². The molecule has 6 nitrogen and oxygen atoms in total. The molecule has 2 saturated heterocycles. The standard InChI is InChI=1S/C22H20F5N5O/c23-21(24)5-7-29-9-16(21)31-18(33)19-10-20(19,22(25,26)27)12-32(11-19)15-4-3-13(8-28)17-14(15)2-1-6-30-17/h1-4,6,16,29H,5,7,9-12H2,(H,31,33)/t16-,19+,20+/m0/s1. The van der Waals surface area contributed by atoms with E-state index in [1.165, 1.54) is 17.2 Å². The molecular weight excluding hydrogens is 445 g/mol. The molecule has 0 radical (unpaired) electrons. The predicted molar refractivity (Wildman–Crippen MR) is 109 cm³/mol. The molecule has 0 spiro atoms. The maximum absolute atomic E-state index is 14.3. The van der Waals surface area contributed by atoms with Crippen molar-refractivity contribution >= 4 is 22.5 Å². The number of amides is 1. The van der Waals surface area contributed by atoms with E-state index in [-0.39, 0.29) is 25.2 Å². The summed E-state index contributed by atoms with van der Waals surface area (Å²) in [5.74, 6) is -4.19. The molecule has 2 aromatic rings. The predicted octanol–water partition coefficient (Wildman–Crippen LogP) is 2.98. The molecule has 174 valence electrons. The average Bonchev–Trinajstić information content (AvgIpc) is 3.32. The van der Waals surface area contributed by atoms with E-state index in [1.54, 1.807) is 18.2 Å². The number of pyridine rings is 1. The van der Waals surface area contributed by atoms with Crippen molar-refractivity contribution in [2.75, 3.05) is 31.1 Å². The number of hydrogen-bond acceptors (Lipinski definition) is 5. The largest absolute Gasteiger partial charge is 0.397 e. The number of alkyl halides is 5. The molecule has 5 rings (SSSR count). The molecule has 2 N–H and O–H groups in total. The van der Waals surface area contributed by atoms with Gasteiger partial charge in [0.05, 0.1) is 16.5 Å². The van der Waals surface area contributed by atoms with Crippen molar-refractivity contribution in [1.29, 1.82) is 5.26 Å². The smallest absolute Gasteiger partial charge is 0.369 e. The summed E-state index contributed by atoms with van der Waals surface area (Å²) in [4.78, 5) is 18.7. The first-order valence-electron chi connectivity index (χ1n) is 10.5. The Balaban J connectivity index is 1.50. The third kappa shape index (κ3) is 3.07. The Hall–Kier alpha value is -3.00. The highest BCUT2D eigenvalue weighted by molar-refractivity contribution is 5.97. The van der Waals surface area contributed by atoms with Gasteiger partial charge >= 0.3 is 6.18 Å². The van der Waals surface area contributed by atoms with Gasteiger partial charge in [0.25, 0.3) is 5.92 Å². The topological polar surface area (TPSA) is 81.0 Å². The Labute approximate surface area is 185 Å². The van der Waals surface area contributed by atoms with Crippen LogP contribution in [-0.4, -0.2) is 55.2 Å². The number of nitriles is 1. The maximum Gasteiger partial charge on any atom is 0.397 e. The van der Waals surface area contributed by atoms with Crippen molar-refractivity contribution in [2.24, 2.45) is 10.8 Å².